The summed E-state index contributed by atoms with van der Waals surface area (Å²) in [6, 6.07) is 0. The maximum absolute atomic E-state index is 4.00. The van der Waals surface area contributed by atoms with E-state index in [4.69, 9.17) is 0 Å². The van der Waals surface area contributed by atoms with Crippen LogP contribution in [0.2, 0.25) is 19.0 Å². The molecule has 0 heterocycles. The number of hydrogen-bond donors (Lipinski definition) is 0. The van der Waals surface area contributed by atoms with E-state index in [1.807, 2.05) is 0 Å². The van der Waals surface area contributed by atoms with Gasteiger partial charge in [-0.2, -0.15) is 24.9 Å². The van der Waals surface area contributed by atoms with E-state index in [0.29, 0.717) is 0 Å². The molecule has 0 spiro atoms. The average molecular weight is 425 g/mol. The van der Waals surface area contributed by atoms with Crippen LogP contribution in [-0.2, 0) is 0 Å². The minimum atomic E-state index is -0.452. The Morgan fingerprint density at radius 1 is 0.419 bits per heavy atom. The molecule has 178 valence electrons. The Balaban J connectivity index is 0. The van der Waals surface area contributed by atoms with E-state index in [0.717, 1.165) is 6.42 Å². The van der Waals surface area contributed by atoms with Crippen LogP contribution >= 0.6 is 0 Å². The Labute approximate surface area is 211 Å². The normalized spacial score (nSPS) is 11.1. The van der Waals surface area contributed by atoms with E-state index in [1.54, 1.807) is 0 Å². The SMILES string of the molecule is CCCCCCC#C[B-](CCCCCCC)(CCCCCCC)CCCCCCC.[Li+]. The molecular formula is C29H58BLi. The van der Waals surface area contributed by atoms with Crippen molar-refractivity contribution in [2.45, 2.75) is 175 Å². The van der Waals surface area contributed by atoms with E-state index in [-0.39, 0.29) is 18.9 Å². The summed E-state index contributed by atoms with van der Waals surface area (Å²) in [6.45, 7) is 9.27. The van der Waals surface area contributed by atoms with Gasteiger partial charge in [-0.1, -0.05) is 143 Å². The maximum Gasteiger partial charge on any atom is 1.00 e. The van der Waals surface area contributed by atoms with Gasteiger partial charge in [0.05, 0.1) is 6.15 Å². The van der Waals surface area contributed by atoms with Gasteiger partial charge in [0, 0.05) is 6.42 Å². The number of rotatable bonds is 22. The van der Waals surface area contributed by atoms with Crippen molar-refractivity contribution in [1.82, 2.24) is 0 Å². The second-order valence-electron chi connectivity index (χ2n) is 10.2. The van der Waals surface area contributed by atoms with Crippen LogP contribution in [0.3, 0.4) is 0 Å². The second-order valence-corrected chi connectivity index (χ2v) is 10.2. The van der Waals surface area contributed by atoms with Crippen LogP contribution < -0.4 is 18.9 Å². The number of unbranched alkanes of at least 4 members (excludes halogenated alkanes) is 16. The largest absolute Gasteiger partial charge is 1.00 e. The van der Waals surface area contributed by atoms with E-state index < -0.39 is 6.15 Å². The van der Waals surface area contributed by atoms with Crippen LogP contribution in [0.4, 0.5) is 0 Å². The molecule has 2 heteroatoms. The Hall–Kier alpha value is 0.222. The van der Waals surface area contributed by atoms with Crippen LogP contribution in [0.1, 0.15) is 156 Å². The smallest absolute Gasteiger partial charge is 0.315 e. The van der Waals surface area contributed by atoms with Gasteiger partial charge in [0.25, 0.3) is 0 Å². The van der Waals surface area contributed by atoms with Crippen molar-refractivity contribution in [2.24, 2.45) is 0 Å². The minimum absolute atomic E-state index is 0. The summed E-state index contributed by atoms with van der Waals surface area (Å²) in [5.74, 6) is 7.71. The van der Waals surface area contributed by atoms with Crippen LogP contribution in [0.5, 0.6) is 0 Å². The van der Waals surface area contributed by atoms with E-state index in [1.165, 1.54) is 141 Å². The van der Waals surface area contributed by atoms with Crippen molar-refractivity contribution in [3.8, 4) is 11.7 Å². The minimum Gasteiger partial charge on any atom is -0.315 e. The molecule has 31 heavy (non-hydrogen) atoms. The first-order valence-electron chi connectivity index (χ1n) is 14.4. The molecular weight excluding hydrogens is 366 g/mol. The van der Waals surface area contributed by atoms with E-state index in [2.05, 4.69) is 39.4 Å². The summed E-state index contributed by atoms with van der Waals surface area (Å²) in [5, 5.41) is 0. The molecule has 0 radical (unpaired) electrons. The number of hydrogen-bond acceptors (Lipinski definition) is 0. The maximum atomic E-state index is 4.00. The predicted molar refractivity (Wildman–Crippen MR) is 143 cm³/mol. The van der Waals surface area contributed by atoms with Crippen molar-refractivity contribution in [2.75, 3.05) is 0 Å². The third-order valence-electron chi connectivity index (χ3n) is 7.14. The van der Waals surface area contributed by atoms with Crippen molar-refractivity contribution < 1.29 is 18.9 Å². The van der Waals surface area contributed by atoms with Crippen molar-refractivity contribution >= 4 is 6.15 Å². The summed E-state index contributed by atoms with van der Waals surface area (Å²) in [4.78, 5) is 0. The molecule has 0 aromatic carbocycles. The Bertz CT molecular complexity index is 359. The molecule has 0 aromatic rings. The van der Waals surface area contributed by atoms with Crippen molar-refractivity contribution in [3.63, 3.8) is 0 Å². The predicted octanol–water partition coefficient (Wildman–Crippen LogP) is 7.86. The third kappa shape index (κ3) is 21.8. The first-order chi connectivity index (χ1) is 14.7. The Morgan fingerprint density at radius 3 is 1.10 bits per heavy atom. The molecule has 0 rings (SSSR count). The van der Waals surface area contributed by atoms with Crippen molar-refractivity contribution in [3.05, 3.63) is 0 Å². The van der Waals surface area contributed by atoms with Gasteiger partial charge in [0.15, 0.2) is 0 Å². The quantitative estimate of drug-likeness (QED) is 0.0942. The molecule has 0 nitrogen and oxygen atoms in total. The fourth-order valence-electron chi connectivity index (χ4n) is 4.99. The fraction of sp³-hybridized carbons (Fsp3) is 0.931. The molecule has 0 fully saturated rings. The fourth-order valence-corrected chi connectivity index (χ4v) is 4.99. The van der Waals surface area contributed by atoms with Gasteiger partial charge in [-0.3, -0.25) is 0 Å². The van der Waals surface area contributed by atoms with Gasteiger partial charge >= 0.3 is 18.9 Å². The van der Waals surface area contributed by atoms with Crippen LogP contribution in [0, 0.1) is 11.7 Å². The monoisotopic (exact) mass is 424 g/mol. The molecule has 0 unspecified atom stereocenters. The third-order valence-corrected chi connectivity index (χ3v) is 7.14. The van der Waals surface area contributed by atoms with Crippen molar-refractivity contribution in [1.29, 1.82) is 0 Å². The van der Waals surface area contributed by atoms with Gasteiger partial charge < -0.3 is 5.82 Å². The van der Waals surface area contributed by atoms with Gasteiger partial charge in [-0.25, -0.2) is 0 Å². The summed E-state index contributed by atoms with van der Waals surface area (Å²) in [6.07, 6.45) is 31.5. The van der Waals surface area contributed by atoms with Gasteiger partial charge in [0.2, 0.25) is 0 Å². The molecule has 0 saturated carbocycles. The molecule has 0 aromatic heterocycles. The average Bonchev–Trinajstić information content (AvgIpc) is 2.75. The molecule has 0 aliphatic rings. The Morgan fingerprint density at radius 2 is 0.742 bits per heavy atom. The van der Waals surface area contributed by atoms with Gasteiger partial charge in [0.1, 0.15) is 0 Å². The van der Waals surface area contributed by atoms with Gasteiger partial charge in [-0.15, -0.1) is 0 Å². The standard InChI is InChI=1S/C29H58B.Li/c1-5-9-13-17-21-25-29-30(26-22-18-14-10-6-2,27-23-19-15-11-7-3)28-24-20-16-12-8-4;/h5-24,26-28H2,1-4H3;/q-1;+1. The van der Waals surface area contributed by atoms with E-state index >= 15 is 0 Å². The Kier molecular flexibility index (Phi) is 28.5. The van der Waals surface area contributed by atoms with Crippen LogP contribution in [0.15, 0.2) is 0 Å². The molecule has 0 bridgehead atoms. The molecule has 0 atom stereocenters. The van der Waals surface area contributed by atoms with E-state index in [9.17, 15) is 0 Å². The first kappa shape index (κ1) is 33.4. The molecule has 0 amide bonds. The molecule has 0 saturated heterocycles. The van der Waals surface area contributed by atoms with Crippen LogP contribution in [-0.4, -0.2) is 6.15 Å². The molecule has 0 aliphatic carbocycles. The summed E-state index contributed by atoms with van der Waals surface area (Å²) < 4.78 is 0. The zero-order valence-electron chi connectivity index (χ0n) is 22.8. The topological polar surface area (TPSA) is 0 Å². The molecule has 0 N–H and O–H groups in total. The van der Waals surface area contributed by atoms with Crippen LogP contribution in [0.25, 0.3) is 0 Å². The summed E-state index contributed by atoms with van der Waals surface area (Å²) in [5.41, 5.74) is 0. The summed E-state index contributed by atoms with van der Waals surface area (Å²) >= 11 is 0. The zero-order chi connectivity index (χ0) is 22.2. The van der Waals surface area contributed by atoms with Gasteiger partial charge in [-0.05, 0) is 6.42 Å². The zero-order valence-corrected chi connectivity index (χ0v) is 22.8. The second kappa shape index (κ2) is 26.5. The summed E-state index contributed by atoms with van der Waals surface area (Å²) in [7, 11) is 0. The molecule has 0 aliphatic heterocycles. The first-order valence-corrected chi connectivity index (χ1v) is 14.4.